The summed E-state index contributed by atoms with van der Waals surface area (Å²) in [6.45, 7) is 1.47. The van der Waals surface area contributed by atoms with Crippen LogP contribution in [0.2, 0.25) is 5.02 Å². The Hall–Kier alpha value is -2.73. The molecule has 0 fully saturated rings. The predicted molar refractivity (Wildman–Crippen MR) is 99.0 cm³/mol. The van der Waals surface area contributed by atoms with Crippen molar-refractivity contribution in [3.8, 4) is 11.5 Å². The molecule has 0 aliphatic carbocycles. The third kappa shape index (κ3) is 5.39. The molecule has 7 heteroatoms. The van der Waals surface area contributed by atoms with Gasteiger partial charge >= 0.3 is 5.97 Å². The van der Waals surface area contributed by atoms with E-state index in [4.69, 9.17) is 25.8 Å². The second-order valence-electron chi connectivity index (χ2n) is 5.53. The van der Waals surface area contributed by atoms with Crippen molar-refractivity contribution in [3.05, 3.63) is 52.5 Å². The van der Waals surface area contributed by atoms with Gasteiger partial charge in [-0.1, -0.05) is 23.7 Å². The van der Waals surface area contributed by atoms with Crippen molar-refractivity contribution in [2.75, 3.05) is 26.1 Å². The van der Waals surface area contributed by atoms with Crippen molar-refractivity contribution in [2.24, 2.45) is 0 Å². The number of rotatable bonds is 7. The van der Waals surface area contributed by atoms with E-state index in [9.17, 15) is 9.59 Å². The molecule has 0 spiro atoms. The first-order chi connectivity index (χ1) is 12.4. The Morgan fingerprint density at radius 2 is 1.77 bits per heavy atom. The summed E-state index contributed by atoms with van der Waals surface area (Å²) in [7, 11) is 3.05. The van der Waals surface area contributed by atoms with Gasteiger partial charge in [0.05, 0.1) is 20.6 Å². The van der Waals surface area contributed by atoms with Crippen molar-refractivity contribution in [1.82, 2.24) is 0 Å². The summed E-state index contributed by atoms with van der Waals surface area (Å²) in [5.41, 5.74) is 2.14. The van der Waals surface area contributed by atoms with Crippen molar-refractivity contribution in [1.29, 1.82) is 0 Å². The molecule has 0 aliphatic rings. The monoisotopic (exact) mass is 377 g/mol. The van der Waals surface area contributed by atoms with Crippen LogP contribution >= 0.6 is 11.6 Å². The zero-order valence-corrected chi connectivity index (χ0v) is 15.6. The molecule has 0 saturated heterocycles. The molecule has 0 radical (unpaired) electrons. The highest BCUT2D eigenvalue weighted by Crippen LogP contribution is 2.27. The maximum atomic E-state index is 11.9. The summed E-state index contributed by atoms with van der Waals surface area (Å²) in [4.78, 5) is 23.9. The molecule has 2 aromatic rings. The standard InChI is InChI=1S/C19H20ClNO5/c1-12-4-6-14(20)10-15(12)21-18(22)11-26-19(23)9-13-5-7-16(24-2)17(8-13)25-3/h4-8,10H,9,11H2,1-3H3,(H,21,22). The Kier molecular flexibility index (Phi) is 6.86. The van der Waals surface area contributed by atoms with Crippen molar-refractivity contribution >= 4 is 29.2 Å². The fraction of sp³-hybridized carbons (Fsp3) is 0.263. The number of amides is 1. The molecule has 0 bridgehead atoms. The van der Waals surface area contributed by atoms with Crippen LogP contribution in [-0.4, -0.2) is 32.7 Å². The summed E-state index contributed by atoms with van der Waals surface area (Å²) >= 11 is 5.91. The van der Waals surface area contributed by atoms with Gasteiger partial charge in [0.2, 0.25) is 0 Å². The van der Waals surface area contributed by atoms with Gasteiger partial charge in [0.15, 0.2) is 18.1 Å². The van der Waals surface area contributed by atoms with Gasteiger partial charge in [-0.25, -0.2) is 0 Å². The number of hydrogen-bond acceptors (Lipinski definition) is 5. The molecule has 0 atom stereocenters. The van der Waals surface area contributed by atoms with Crippen LogP contribution in [0.3, 0.4) is 0 Å². The summed E-state index contributed by atoms with van der Waals surface area (Å²) < 4.78 is 15.4. The van der Waals surface area contributed by atoms with Gasteiger partial charge in [-0.15, -0.1) is 0 Å². The largest absolute Gasteiger partial charge is 0.493 e. The molecule has 138 valence electrons. The molecule has 1 N–H and O–H groups in total. The number of hydrogen-bond donors (Lipinski definition) is 1. The molecular weight excluding hydrogens is 358 g/mol. The molecule has 1 amide bonds. The molecule has 6 nitrogen and oxygen atoms in total. The number of halogens is 1. The molecule has 0 aromatic heterocycles. The van der Waals surface area contributed by atoms with Gasteiger partial charge in [-0.05, 0) is 42.3 Å². The molecular formula is C19H20ClNO5. The van der Waals surface area contributed by atoms with E-state index in [0.717, 1.165) is 5.56 Å². The quantitative estimate of drug-likeness (QED) is 0.749. The van der Waals surface area contributed by atoms with E-state index in [-0.39, 0.29) is 13.0 Å². The van der Waals surface area contributed by atoms with Crippen LogP contribution in [0.4, 0.5) is 5.69 Å². The predicted octanol–water partition coefficient (Wildman–Crippen LogP) is 3.39. The van der Waals surface area contributed by atoms with Crippen LogP contribution in [0.5, 0.6) is 11.5 Å². The van der Waals surface area contributed by atoms with Gasteiger partial charge in [0, 0.05) is 10.7 Å². The number of nitrogens with one attached hydrogen (secondary N) is 1. The first-order valence-corrected chi connectivity index (χ1v) is 8.23. The third-order valence-corrected chi connectivity index (χ3v) is 3.87. The lowest BCUT2D eigenvalue weighted by Gasteiger charge is -2.10. The first kappa shape index (κ1) is 19.6. The normalized spacial score (nSPS) is 10.2. The van der Waals surface area contributed by atoms with Crippen LogP contribution < -0.4 is 14.8 Å². The Morgan fingerprint density at radius 3 is 2.46 bits per heavy atom. The Bertz CT molecular complexity index is 807. The summed E-state index contributed by atoms with van der Waals surface area (Å²) in [5, 5.41) is 3.18. The highest BCUT2D eigenvalue weighted by molar-refractivity contribution is 6.31. The number of methoxy groups -OCH3 is 2. The van der Waals surface area contributed by atoms with Gasteiger partial charge < -0.3 is 19.5 Å². The van der Waals surface area contributed by atoms with Crippen molar-refractivity contribution in [2.45, 2.75) is 13.3 Å². The molecule has 2 aromatic carbocycles. The molecule has 0 heterocycles. The highest BCUT2D eigenvalue weighted by atomic mass is 35.5. The molecule has 0 saturated carbocycles. The Balaban J connectivity index is 1.88. The third-order valence-electron chi connectivity index (χ3n) is 3.63. The molecule has 0 aliphatic heterocycles. The average molecular weight is 378 g/mol. The fourth-order valence-corrected chi connectivity index (χ4v) is 2.44. The Morgan fingerprint density at radius 1 is 1.04 bits per heavy atom. The van der Waals surface area contributed by atoms with E-state index in [1.54, 1.807) is 36.4 Å². The van der Waals surface area contributed by atoms with Gasteiger partial charge in [-0.3, -0.25) is 9.59 Å². The van der Waals surface area contributed by atoms with Crippen molar-refractivity contribution in [3.63, 3.8) is 0 Å². The van der Waals surface area contributed by atoms with E-state index in [1.807, 2.05) is 6.92 Å². The van der Waals surface area contributed by atoms with E-state index in [1.165, 1.54) is 14.2 Å². The topological polar surface area (TPSA) is 73.9 Å². The van der Waals surface area contributed by atoms with Gasteiger partial charge in [0.1, 0.15) is 0 Å². The lowest BCUT2D eigenvalue weighted by Crippen LogP contribution is -2.22. The molecule has 2 rings (SSSR count). The molecule has 26 heavy (non-hydrogen) atoms. The number of ether oxygens (including phenoxy) is 3. The second kappa shape index (κ2) is 9.10. The maximum Gasteiger partial charge on any atom is 0.310 e. The van der Waals surface area contributed by atoms with Gasteiger partial charge in [0.25, 0.3) is 5.91 Å². The first-order valence-electron chi connectivity index (χ1n) is 7.85. The minimum Gasteiger partial charge on any atom is -0.493 e. The smallest absolute Gasteiger partial charge is 0.310 e. The number of anilines is 1. The van der Waals surface area contributed by atoms with Crippen LogP contribution in [0.25, 0.3) is 0 Å². The van der Waals surface area contributed by atoms with Crippen LogP contribution in [0.1, 0.15) is 11.1 Å². The zero-order chi connectivity index (χ0) is 19.1. The SMILES string of the molecule is COc1ccc(CC(=O)OCC(=O)Nc2cc(Cl)ccc2C)cc1OC. The van der Waals surface area contributed by atoms with Crippen LogP contribution in [0.15, 0.2) is 36.4 Å². The van der Waals surface area contributed by atoms with E-state index in [0.29, 0.717) is 27.8 Å². The van der Waals surface area contributed by atoms with Crippen LogP contribution in [-0.2, 0) is 20.7 Å². The van der Waals surface area contributed by atoms with E-state index >= 15 is 0 Å². The fourth-order valence-electron chi connectivity index (χ4n) is 2.27. The van der Waals surface area contributed by atoms with Crippen molar-refractivity contribution < 1.29 is 23.8 Å². The Labute approximate surface area is 157 Å². The highest BCUT2D eigenvalue weighted by Gasteiger charge is 2.12. The number of esters is 1. The lowest BCUT2D eigenvalue weighted by atomic mass is 10.1. The van der Waals surface area contributed by atoms with Crippen LogP contribution in [0, 0.1) is 6.92 Å². The number of carbonyl (C=O) groups excluding carboxylic acids is 2. The van der Waals surface area contributed by atoms with E-state index < -0.39 is 11.9 Å². The lowest BCUT2D eigenvalue weighted by molar-refractivity contribution is -0.146. The van der Waals surface area contributed by atoms with E-state index in [2.05, 4.69) is 5.32 Å². The summed E-state index contributed by atoms with van der Waals surface area (Å²) in [6, 6.07) is 10.3. The zero-order valence-electron chi connectivity index (χ0n) is 14.8. The van der Waals surface area contributed by atoms with Gasteiger partial charge in [-0.2, -0.15) is 0 Å². The minimum absolute atomic E-state index is 0.0177. The number of benzene rings is 2. The average Bonchev–Trinajstić information content (AvgIpc) is 2.63. The number of carbonyl (C=O) groups is 2. The molecule has 0 unspecified atom stereocenters. The minimum atomic E-state index is -0.518. The maximum absolute atomic E-state index is 11.9. The number of aryl methyl sites for hydroxylation is 1. The summed E-state index contributed by atoms with van der Waals surface area (Å²) in [6.07, 6.45) is 0.0177. The second-order valence-corrected chi connectivity index (χ2v) is 5.97. The summed E-state index contributed by atoms with van der Waals surface area (Å²) in [5.74, 6) is 0.138.